The van der Waals surface area contributed by atoms with Gasteiger partial charge in [0.1, 0.15) is 22.6 Å². The third-order valence-corrected chi connectivity index (χ3v) is 7.52. The molecule has 220 valence electrons. The standard InChI is InChI=1S/C32H29IN4O6/c1-16(2)23-12-21(14-25(29(23)38)31(40)41)35-34-20-8-5-18(6-9-20)19-7-10-28(27(33)11-19)37-36-22-13-24(17(3)4)30(39)26(15-22)32(42)43/h5-17,38-39H,1-4H3,(H,40,41)(H,42,43). The Bertz CT molecular complexity index is 1770. The summed E-state index contributed by atoms with van der Waals surface area (Å²) in [6.07, 6.45) is 0. The molecule has 0 fully saturated rings. The summed E-state index contributed by atoms with van der Waals surface area (Å²) in [5.74, 6) is -3.21. The Morgan fingerprint density at radius 2 is 1.05 bits per heavy atom. The minimum absolute atomic E-state index is 0.0986. The first-order valence-electron chi connectivity index (χ1n) is 13.3. The lowest BCUT2D eigenvalue weighted by atomic mass is 9.98. The molecule has 4 aromatic rings. The number of rotatable bonds is 9. The van der Waals surface area contributed by atoms with E-state index in [0.29, 0.717) is 33.9 Å². The van der Waals surface area contributed by atoms with Crippen molar-refractivity contribution in [2.24, 2.45) is 20.5 Å². The zero-order chi connectivity index (χ0) is 31.4. The van der Waals surface area contributed by atoms with Crippen molar-refractivity contribution in [3.63, 3.8) is 0 Å². The zero-order valence-electron chi connectivity index (χ0n) is 23.8. The van der Waals surface area contributed by atoms with Crippen LogP contribution in [0.5, 0.6) is 11.5 Å². The van der Waals surface area contributed by atoms with Crippen LogP contribution in [0.15, 0.2) is 87.2 Å². The number of carboxylic acids is 2. The van der Waals surface area contributed by atoms with Crippen LogP contribution in [0.25, 0.3) is 11.1 Å². The Morgan fingerprint density at radius 3 is 1.49 bits per heavy atom. The Hall–Kier alpha value is -4.65. The number of carboxylic acid groups (broad SMARTS) is 2. The van der Waals surface area contributed by atoms with Crippen LogP contribution in [-0.2, 0) is 0 Å². The highest BCUT2D eigenvalue weighted by Gasteiger charge is 2.19. The number of azo groups is 2. The van der Waals surface area contributed by atoms with E-state index in [0.717, 1.165) is 14.7 Å². The second-order valence-electron chi connectivity index (χ2n) is 10.4. The number of halogens is 1. The number of benzene rings is 4. The molecule has 0 atom stereocenters. The average Bonchev–Trinajstić information content (AvgIpc) is 2.96. The Balaban J connectivity index is 1.54. The van der Waals surface area contributed by atoms with Crippen LogP contribution < -0.4 is 0 Å². The fourth-order valence-electron chi connectivity index (χ4n) is 4.32. The van der Waals surface area contributed by atoms with Crippen LogP contribution in [0.3, 0.4) is 0 Å². The fourth-order valence-corrected chi connectivity index (χ4v) is 4.94. The molecule has 0 saturated carbocycles. The maximum absolute atomic E-state index is 11.6. The highest BCUT2D eigenvalue weighted by atomic mass is 127. The van der Waals surface area contributed by atoms with Gasteiger partial charge in [-0.3, -0.25) is 0 Å². The molecule has 0 aliphatic rings. The first-order valence-corrected chi connectivity index (χ1v) is 14.4. The fraction of sp³-hybridized carbons (Fsp3) is 0.188. The van der Waals surface area contributed by atoms with Crippen molar-refractivity contribution in [2.75, 3.05) is 0 Å². The summed E-state index contributed by atoms with van der Waals surface area (Å²) in [4.78, 5) is 23.1. The molecule has 0 unspecified atom stereocenters. The molecule has 4 rings (SSSR count). The number of nitrogens with zero attached hydrogens (tertiary/aromatic N) is 4. The van der Waals surface area contributed by atoms with Gasteiger partial charge < -0.3 is 20.4 Å². The second kappa shape index (κ2) is 13.1. The molecule has 10 nitrogen and oxygen atoms in total. The lowest BCUT2D eigenvalue weighted by Gasteiger charge is -2.11. The van der Waals surface area contributed by atoms with Gasteiger partial charge in [-0.05, 0) is 105 Å². The van der Waals surface area contributed by atoms with Gasteiger partial charge in [0, 0.05) is 3.57 Å². The summed E-state index contributed by atoms with van der Waals surface area (Å²) in [5.41, 5.74) is 4.19. The molecule has 43 heavy (non-hydrogen) atoms. The molecular formula is C32H29IN4O6. The summed E-state index contributed by atoms with van der Waals surface area (Å²) in [6, 6.07) is 18.8. The molecule has 11 heteroatoms. The van der Waals surface area contributed by atoms with E-state index < -0.39 is 11.9 Å². The Labute approximate surface area is 261 Å². The minimum atomic E-state index is -1.24. The first kappa shape index (κ1) is 31.3. The molecule has 0 amide bonds. The summed E-state index contributed by atoms with van der Waals surface area (Å²) in [5, 5.41) is 56.4. The summed E-state index contributed by atoms with van der Waals surface area (Å²) >= 11 is 2.16. The normalized spacial score (nSPS) is 11.7. The van der Waals surface area contributed by atoms with Crippen molar-refractivity contribution in [3.8, 4) is 22.6 Å². The van der Waals surface area contributed by atoms with E-state index >= 15 is 0 Å². The predicted molar refractivity (Wildman–Crippen MR) is 171 cm³/mol. The second-order valence-corrected chi connectivity index (χ2v) is 11.6. The van der Waals surface area contributed by atoms with Crippen molar-refractivity contribution in [1.29, 1.82) is 0 Å². The van der Waals surface area contributed by atoms with Crippen molar-refractivity contribution in [1.82, 2.24) is 0 Å². The molecule has 0 aliphatic carbocycles. The van der Waals surface area contributed by atoms with Gasteiger partial charge in [-0.1, -0.05) is 45.9 Å². The van der Waals surface area contributed by atoms with Gasteiger partial charge in [0.05, 0.1) is 22.7 Å². The number of hydrogen-bond acceptors (Lipinski definition) is 8. The van der Waals surface area contributed by atoms with E-state index in [-0.39, 0.29) is 34.5 Å². The van der Waals surface area contributed by atoms with Crippen LogP contribution in [0.2, 0.25) is 0 Å². The average molecular weight is 693 g/mol. The quantitative estimate of drug-likeness (QED) is 0.101. The van der Waals surface area contributed by atoms with Crippen LogP contribution in [0.4, 0.5) is 22.7 Å². The van der Waals surface area contributed by atoms with Crippen LogP contribution >= 0.6 is 22.6 Å². The third kappa shape index (κ3) is 7.23. The van der Waals surface area contributed by atoms with Gasteiger partial charge in [-0.2, -0.15) is 15.3 Å². The summed E-state index contributed by atoms with van der Waals surface area (Å²) < 4.78 is 0.825. The topological polar surface area (TPSA) is 164 Å². The molecule has 0 saturated heterocycles. The third-order valence-electron chi connectivity index (χ3n) is 6.66. The summed E-state index contributed by atoms with van der Waals surface area (Å²) in [7, 11) is 0. The molecule has 4 N–H and O–H groups in total. The van der Waals surface area contributed by atoms with E-state index in [1.807, 2.05) is 58.0 Å². The van der Waals surface area contributed by atoms with E-state index in [9.17, 15) is 30.0 Å². The number of aromatic carboxylic acids is 2. The minimum Gasteiger partial charge on any atom is -0.507 e. The van der Waals surface area contributed by atoms with Gasteiger partial charge in [-0.25, -0.2) is 9.59 Å². The first-order chi connectivity index (χ1) is 20.3. The Morgan fingerprint density at radius 1 is 0.605 bits per heavy atom. The van der Waals surface area contributed by atoms with Gasteiger partial charge in [0.2, 0.25) is 0 Å². The zero-order valence-corrected chi connectivity index (χ0v) is 25.9. The van der Waals surface area contributed by atoms with E-state index in [2.05, 4.69) is 43.0 Å². The highest BCUT2D eigenvalue weighted by Crippen LogP contribution is 2.37. The lowest BCUT2D eigenvalue weighted by Crippen LogP contribution is -2.00. The summed E-state index contributed by atoms with van der Waals surface area (Å²) in [6.45, 7) is 7.42. The van der Waals surface area contributed by atoms with Crippen molar-refractivity contribution in [2.45, 2.75) is 39.5 Å². The molecule has 0 radical (unpaired) electrons. The van der Waals surface area contributed by atoms with Crippen LogP contribution in [0, 0.1) is 3.57 Å². The van der Waals surface area contributed by atoms with Gasteiger partial charge in [-0.15, -0.1) is 5.11 Å². The van der Waals surface area contributed by atoms with Crippen molar-refractivity contribution >= 4 is 57.3 Å². The highest BCUT2D eigenvalue weighted by molar-refractivity contribution is 14.1. The Kier molecular flexibility index (Phi) is 9.54. The van der Waals surface area contributed by atoms with Crippen LogP contribution in [0.1, 0.15) is 71.4 Å². The maximum atomic E-state index is 11.6. The van der Waals surface area contributed by atoms with Crippen molar-refractivity contribution < 1.29 is 30.0 Å². The van der Waals surface area contributed by atoms with Crippen LogP contribution in [-0.4, -0.2) is 32.4 Å². The molecular weight excluding hydrogens is 663 g/mol. The SMILES string of the molecule is CC(C)c1cc(N=Nc2ccc(-c3ccc(N=Nc4cc(C(=O)O)c(O)c(C(C)C)c4)c(I)c3)cc2)cc(C(=O)O)c1O. The number of phenols is 2. The van der Waals surface area contributed by atoms with Gasteiger partial charge >= 0.3 is 11.9 Å². The molecule has 4 aromatic carbocycles. The number of carbonyl (C=O) groups is 2. The number of hydrogen-bond donors (Lipinski definition) is 4. The van der Waals surface area contributed by atoms with Gasteiger partial charge in [0.25, 0.3) is 0 Å². The largest absolute Gasteiger partial charge is 0.507 e. The molecule has 0 spiro atoms. The molecule has 0 bridgehead atoms. The maximum Gasteiger partial charge on any atom is 0.339 e. The molecule has 0 heterocycles. The smallest absolute Gasteiger partial charge is 0.339 e. The van der Waals surface area contributed by atoms with E-state index in [1.54, 1.807) is 24.3 Å². The number of aromatic hydroxyl groups is 2. The van der Waals surface area contributed by atoms with Crippen molar-refractivity contribution in [3.05, 3.63) is 92.6 Å². The molecule has 0 aromatic heterocycles. The van der Waals surface area contributed by atoms with E-state index in [4.69, 9.17) is 0 Å². The van der Waals surface area contributed by atoms with E-state index in [1.165, 1.54) is 12.1 Å². The molecule has 0 aliphatic heterocycles. The monoisotopic (exact) mass is 692 g/mol. The lowest BCUT2D eigenvalue weighted by molar-refractivity contribution is 0.0682. The predicted octanol–water partition coefficient (Wildman–Crippen LogP) is 9.84. The van der Waals surface area contributed by atoms with Gasteiger partial charge in [0.15, 0.2) is 0 Å².